The third-order valence-corrected chi connectivity index (χ3v) is 5.74. The van der Waals surface area contributed by atoms with Crippen LogP contribution in [0.15, 0.2) is 36.4 Å². The summed E-state index contributed by atoms with van der Waals surface area (Å²) in [4.78, 5) is 13.0. The Balaban J connectivity index is 1.37. The minimum Gasteiger partial charge on any atom is -0.491 e. The van der Waals surface area contributed by atoms with Gasteiger partial charge in [0.05, 0.1) is 11.5 Å². The highest BCUT2D eigenvalue weighted by molar-refractivity contribution is 7.21. The number of carbonyl (C=O) groups is 1. The molecule has 1 unspecified atom stereocenters. The van der Waals surface area contributed by atoms with E-state index in [1.807, 2.05) is 0 Å². The number of ether oxygens (including phenoxy) is 4. The molecule has 1 aliphatic rings. The fourth-order valence-corrected chi connectivity index (χ4v) is 4.28. The molecule has 30 heavy (non-hydrogen) atoms. The molecule has 1 aromatic heterocycles. The SMILES string of the molecule is COCc1c(C(=O)NCC(O)COc2ccc3c(c2)OCO3)sc2cccc(F)c12. The molecule has 7 nitrogen and oxygen atoms in total. The summed E-state index contributed by atoms with van der Waals surface area (Å²) in [6, 6.07) is 9.82. The molecule has 0 radical (unpaired) electrons. The Kier molecular flexibility index (Phi) is 6.03. The number of fused-ring (bicyclic) bond motifs is 2. The molecule has 0 aliphatic carbocycles. The van der Waals surface area contributed by atoms with Crippen LogP contribution in [-0.4, -0.2) is 44.2 Å². The van der Waals surface area contributed by atoms with Gasteiger partial charge in [0.1, 0.15) is 24.3 Å². The van der Waals surface area contributed by atoms with E-state index in [0.29, 0.717) is 37.8 Å². The second-order valence-electron chi connectivity index (χ2n) is 6.65. The third kappa shape index (κ3) is 4.18. The van der Waals surface area contributed by atoms with Crippen molar-refractivity contribution < 1.29 is 33.2 Å². The number of nitrogens with one attached hydrogen (secondary N) is 1. The number of amides is 1. The zero-order valence-corrected chi connectivity index (χ0v) is 17.0. The predicted molar refractivity (Wildman–Crippen MR) is 109 cm³/mol. The van der Waals surface area contributed by atoms with E-state index in [4.69, 9.17) is 18.9 Å². The van der Waals surface area contributed by atoms with E-state index < -0.39 is 17.8 Å². The van der Waals surface area contributed by atoms with Gasteiger partial charge < -0.3 is 29.4 Å². The van der Waals surface area contributed by atoms with Crippen LogP contribution in [0.5, 0.6) is 17.2 Å². The minimum atomic E-state index is -0.934. The molecule has 1 aliphatic heterocycles. The van der Waals surface area contributed by atoms with E-state index in [1.54, 1.807) is 30.3 Å². The molecule has 1 atom stereocenters. The first-order valence-corrected chi connectivity index (χ1v) is 10.1. The number of aliphatic hydroxyl groups is 1. The average molecular weight is 433 g/mol. The first-order chi connectivity index (χ1) is 14.6. The Morgan fingerprint density at radius 1 is 1.30 bits per heavy atom. The highest BCUT2D eigenvalue weighted by Crippen LogP contribution is 2.35. The van der Waals surface area contributed by atoms with E-state index in [0.717, 1.165) is 0 Å². The lowest BCUT2D eigenvalue weighted by Gasteiger charge is -2.13. The van der Waals surface area contributed by atoms with Crippen molar-refractivity contribution in [2.45, 2.75) is 12.7 Å². The van der Waals surface area contributed by atoms with Gasteiger partial charge in [-0.15, -0.1) is 11.3 Å². The summed E-state index contributed by atoms with van der Waals surface area (Å²) in [5.41, 5.74) is 0.499. The predicted octanol–water partition coefficient (Wildman–Crippen LogP) is 3.09. The van der Waals surface area contributed by atoms with Crippen molar-refractivity contribution in [2.24, 2.45) is 0 Å². The maximum absolute atomic E-state index is 14.3. The van der Waals surface area contributed by atoms with Crippen molar-refractivity contribution in [3.63, 3.8) is 0 Å². The molecule has 3 aromatic rings. The van der Waals surface area contributed by atoms with Gasteiger partial charge in [-0.3, -0.25) is 4.79 Å². The largest absolute Gasteiger partial charge is 0.491 e. The van der Waals surface area contributed by atoms with Crippen LogP contribution < -0.4 is 19.5 Å². The van der Waals surface area contributed by atoms with Gasteiger partial charge >= 0.3 is 0 Å². The summed E-state index contributed by atoms with van der Waals surface area (Å²) in [5.74, 6) is 0.948. The molecule has 2 heterocycles. The Morgan fingerprint density at radius 3 is 2.97 bits per heavy atom. The van der Waals surface area contributed by atoms with Gasteiger partial charge in [-0.1, -0.05) is 6.07 Å². The van der Waals surface area contributed by atoms with Crippen molar-refractivity contribution in [2.75, 3.05) is 27.1 Å². The monoisotopic (exact) mass is 433 g/mol. The van der Waals surface area contributed by atoms with Crippen molar-refractivity contribution in [3.8, 4) is 17.2 Å². The number of rotatable bonds is 8. The van der Waals surface area contributed by atoms with Crippen LogP contribution in [0.4, 0.5) is 4.39 Å². The van der Waals surface area contributed by atoms with Crippen molar-refractivity contribution in [1.29, 1.82) is 0 Å². The van der Waals surface area contributed by atoms with Crippen LogP contribution in [0.1, 0.15) is 15.2 Å². The van der Waals surface area contributed by atoms with Crippen LogP contribution in [0.2, 0.25) is 0 Å². The van der Waals surface area contributed by atoms with Gasteiger partial charge in [-0.25, -0.2) is 4.39 Å². The van der Waals surface area contributed by atoms with Crippen LogP contribution in [0.25, 0.3) is 10.1 Å². The molecule has 9 heteroatoms. The maximum Gasteiger partial charge on any atom is 0.261 e. The molecular weight excluding hydrogens is 413 g/mol. The summed E-state index contributed by atoms with van der Waals surface area (Å²) in [6.07, 6.45) is -0.934. The van der Waals surface area contributed by atoms with Crippen molar-refractivity contribution in [3.05, 3.63) is 52.7 Å². The molecular formula is C21H20FNO6S. The van der Waals surface area contributed by atoms with Crippen LogP contribution in [-0.2, 0) is 11.3 Å². The van der Waals surface area contributed by atoms with Crippen LogP contribution >= 0.6 is 11.3 Å². The summed E-state index contributed by atoms with van der Waals surface area (Å²) in [5, 5.41) is 13.2. The number of thiophene rings is 1. The highest BCUT2D eigenvalue weighted by atomic mass is 32.1. The van der Waals surface area contributed by atoms with Gasteiger partial charge in [0.25, 0.3) is 5.91 Å². The number of benzene rings is 2. The van der Waals surface area contributed by atoms with Crippen LogP contribution in [0.3, 0.4) is 0 Å². The summed E-state index contributed by atoms with van der Waals surface area (Å²) in [6.45, 7) is 0.234. The minimum absolute atomic E-state index is 0.0213. The quantitative estimate of drug-likeness (QED) is 0.568. The topological polar surface area (TPSA) is 86.3 Å². The van der Waals surface area contributed by atoms with Crippen LogP contribution in [0, 0.1) is 5.82 Å². The summed E-state index contributed by atoms with van der Waals surface area (Å²) in [7, 11) is 1.49. The van der Waals surface area contributed by atoms with Crippen molar-refractivity contribution >= 4 is 27.3 Å². The normalized spacial score (nSPS) is 13.4. The zero-order valence-electron chi connectivity index (χ0n) is 16.1. The third-order valence-electron chi connectivity index (χ3n) is 4.54. The first-order valence-electron chi connectivity index (χ1n) is 9.24. The van der Waals surface area contributed by atoms with Gasteiger partial charge in [-0.05, 0) is 24.3 Å². The second-order valence-corrected chi connectivity index (χ2v) is 7.70. The Bertz CT molecular complexity index is 1070. The number of halogens is 1. The molecule has 2 aromatic carbocycles. The molecule has 0 spiro atoms. The van der Waals surface area contributed by atoms with Crippen molar-refractivity contribution in [1.82, 2.24) is 5.32 Å². The molecule has 2 N–H and O–H groups in total. The fraction of sp³-hybridized carbons (Fsp3) is 0.286. The molecule has 158 valence electrons. The standard InChI is InChI=1S/C21H20FNO6S/c1-26-10-14-19-15(22)3-2-4-18(19)30-20(14)21(25)23-8-12(24)9-27-13-5-6-16-17(7-13)29-11-28-16/h2-7,12,24H,8-11H2,1H3,(H,23,25). The van der Waals surface area contributed by atoms with Gasteiger partial charge in [0, 0.05) is 35.4 Å². The van der Waals surface area contributed by atoms with E-state index in [9.17, 15) is 14.3 Å². The number of aliphatic hydroxyl groups excluding tert-OH is 1. The lowest BCUT2D eigenvalue weighted by atomic mass is 10.1. The lowest BCUT2D eigenvalue weighted by Crippen LogP contribution is -2.35. The van der Waals surface area contributed by atoms with E-state index in [2.05, 4.69) is 5.32 Å². The van der Waals surface area contributed by atoms with E-state index >= 15 is 0 Å². The molecule has 4 rings (SSSR count). The highest BCUT2D eigenvalue weighted by Gasteiger charge is 2.21. The van der Waals surface area contributed by atoms with Gasteiger partial charge in [0.2, 0.25) is 6.79 Å². The molecule has 0 saturated heterocycles. The maximum atomic E-state index is 14.3. The number of carbonyl (C=O) groups excluding carboxylic acids is 1. The first kappa shape index (κ1) is 20.4. The second kappa shape index (κ2) is 8.86. The Morgan fingerprint density at radius 2 is 2.13 bits per heavy atom. The average Bonchev–Trinajstić information content (AvgIpc) is 3.36. The van der Waals surface area contributed by atoms with E-state index in [1.165, 1.54) is 24.5 Å². The summed E-state index contributed by atoms with van der Waals surface area (Å²) >= 11 is 1.19. The van der Waals surface area contributed by atoms with Gasteiger partial charge in [-0.2, -0.15) is 0 Å². The van der Waals surface area contributed by atoms with Gasteiger partial charge in [0.15, 0.2) is 11.5 Å². The molecule has 0 saturated carbocycles. The molecule has 0 bridgehead atoms. The molecule has 1 amide bonds. The zero-order chi connectivity index (χ0) is 21.1. The fourth-order valence-electron chi connectivity index (χ4n) is 3.14. The summed E-state index contributed by atoms with van der Waals surface area (Å²) < 4.78 is 36.1. The number of hydrogen-bond donors (Lipinski definition) is 2. The molecule has 0 fully saturated rings. The Labute approximate surface area is 175 Å². The number of methoxy groups -OCH3 is 1. The number of hydrogen-bond acceptors (Lipinski definition) is 7. The Hall–Kier alpha value is -2.88. The lowest BCUT2D eigenvalue weighted by molar-refractivity contribution is 0.0843. The smallest absolute Gasteiger partial charge is 0.261 e. The van der Waals surface area contributed by atoms with E-state index in [-0.39, 0.29) is 26.6 Å².